The molecule has 1 rings (SSSR count). The number of nitrogens with one attached hydrogen (secondary N) is 1. The molecule has 0 radical (unpaired) electrons. The quantitative estimate of drug-likeness (QED) is 0.797. The first-order valence-corrected chi connectivity index (χ1v) is 4.82. The normalized spacial score (nSPS) is 8.94. The van der Waals surface area contributed by atoms with Crippen LogP contribution in [0.1, 0.15) is 5.56 Å². The van der Waals surface area contributed by atoms with Crippen molar-refractivity contribution < 1.29 is 5.11 Å². The first-order chi connectivity index (χ1) is 6.74. The van der Waals surface area contributed by atoms with Gasteiger partial charge in [0.2, 0.25) is 0 Å². The van der Waals surface area contributed by atoms with Crippen molar-refractivity contribution in [2.24, 2.45) is 0 Å². The Kier molecular flexibility index (Phi) is 10.9. The molecular weight excluding hydrogens is 247 g/mol. The summed E-state index contributed by atoms with van der Waals surface area (Å²) in [5, 5.41) is 11.7. The van der Waals surface area contributed by atoms with Crippen LogP contribution in [0.3, 0.4) is 0 Å². The Morgan fingerprint density at radius 3 is 2.12 bits per heavy atom. The van der Waals surface area contributed by atoms with E-state index in [1.165, 1.54) is 11.3 Å². The van der Waals surface area contributed by atoms with E-state index in [0.717, 1.165) is 6.54 Å². The van der Waals surface area contributed by atoms with Gasteiger partial charge in [0.1, 0.15) is 0 Å². The highest BCUT2D eigenvalue weighted by atomic mass is 35.5. The molecule has 0 unspecified atom stereocenters. The number of halogens is 2. The van der Waals surface area contributed by atoms with Crippen molar-refractivity contribution in [3.8, 4) is 0 Å². The van der Waals surface area contributed by atoms with Crippen molar-refractivity contribution >= 4 is 30.5 Å². The second-order valence-electron chi connectivity index (χ2n) is 3.46. The zero-order valence-corrected chi connectivity index (χ0v) is 11.3. The van der Waals surface area contributed by atoms with Crippen molar-refractivity contribution in [1.29, 1.82) is 0 Å². The van der Waals surface area contributed by atoms with Crippen LogP contribution in [0.2, 0.25) is 0 Å². The molecule has 0 saturated heterocycles. The van der Waals surface area contributed by atoms with E-state index in [2.05, 4.69) is 34.5 Å². The average molecular weight is 267 g/mol. The summed E-state index contributed by atoms with van der Waals surface area (Å²) >= 11 is 0. The van der Waals surface area contributed by atoms with Gasteiger partial charge in [0.15, 0.2) is 0 Å². The minimum Gasteiger partial charge on any atom is -0.395 e. The Hall–Kier alpha value is -0.480. The van der Waals surface area contributed by atoms with Crippen LogP contribution in [0.5, 0.6) is 0 Å². The van der Waals surface area contributed by atoms with Gasteiger partial charge in [0.05, 0.1) is 6.61 Å². The molecule has 0 aliphatic rings. The Morgan fingerprint density at radius 2 is 1.69 bits per heavy atom. The molecule has 3 nitrogen and oxygen atoms in total. The molecule has 5 heteroatoms. The maximum Gasteiger partial charge on any atom is 0.0556 e. The monoisotopic (exact) mass is 266 g/mol. The minimum absolute atomic E-state index is 0. The largest absolute Gasteiger partial charge is 0.395 e. The van der Waals surface area contributed by atoms with Crippen molar-refractivity contribution in [1.82, 2.24) is 5.32 Å². The number of benzene rings is 1. The van der Waals surface area contributed by atoms with E-state index in [0.29, 0.717) is 6.54 Å². The van der Waals surface area contributed by atoms with Gasteiger partial charge in [-0.1, -0.05) is 12.1 Å². The van der Waals surface area contributed by atoms with E-state index in [-0.39, 0.29) is 31.4 Å². The minimum atomic E-state index is 0. The van der Waals surface area contributed by atoms with Gasteiger partial charge < -0.3 is 15.3 Å². The maximum atomic E-state index is 8.59. The number of anilines is 1. The summed E-state index contributed by atoms with van der Waals surface area (Å²) in [4.78, 5) is 2.07. The third-order valence-corrected chi connectivity index (χ3v) is 2.07. The third-order valence-electron chi connectivity index (χ3n) is 2.07. The molecule has 2 N–H and O–H groups in total. The molecule has 16 heavy (non-hydrogen) atoms. The second-order valence-corrected chi connectivity index (χ2v) is 3.46. The van der Waals surface area contributed by atoms with E-state index in [1.54, 1.807) is 0 Å². The van der Waals surface area contributed by atoms with Gasteiger partial charge in [0.25, 0.3) is 0 Å². The zero-order valence-electron chi connectivity index (χ0n) is 9.64. The van der Waals surface area contributed by atoms with Gasteiger partial charge >= 0.3 is 0 Å². The van der Waals surface area contributed by atoms with Crippen LogP contribution >= 0.6 is 24.8 Å². The molecule has 0 amide bonds. The molecule has 0 spiro atoms. The number of aliphatic hydroxyl groups excluding tert-OH is 1. The van der Waals surface area contributed by atoms with Gasteiger partial charge in [-0.3, -0.25) is 0 Å². The van der Waals surface area contributed by atoms with Crippen molar-refractivity contribution in [2.45, 2.75) is 6.54 Å². The Labute approximate surface area is 110 Å². The fraction of sp³-hybridized carbons (Fsp3) is 0.455. The third kappa shape index (κ3) is 6.18. The standard InChI is InChI=1S/C11H18N2O.2ClH/c1-13(2)11-5-3-10(4-6-11)9-12-7-8-14;;/h3-6,12,14H,7-9H2,1-2H3;2*1H. The van der Waals surface area contributed by atoms with Gasteiger partial charge in [0, 0.05) is 32.9 Å². The summed E-state index contributed by atoms with van der Waals surface area (Å²) in [7, 11) is 4.05. The lowest BCUT2D eigenvalue weighted by atomic mass is 10.2. The first-order valence-electron chi connectivity index (χ1n) is 4.82. The van der Waals surface area contributed by atoms with Gasteiger partial charge in [-0.25, -0.2) is 0 Å². The van der Waals surface area contributed by atoms with E-state index in [9.17, 15) is 0 Å². The molecule has 1 aromatic carbocycles. The summed E-state index contributed by atoms with van der Waals surface area (Å²) in [5.41, 5.74) is 2.44. The molecule has 0 aromatic heterocycles. The Bertz CT molecular complexity index is 265. The van der Waals surface area contributed by atoms with Crippen molar-refractivity contribution in [2.75, 3.05) is 32.1 Å². The number of nitrogens with zero attached hydrogens (tertiary/aromatic N) is 1. The second kappa shape index (κ2) is 9.73. The van der Waals surface area contributed by atoms with Crippen LogP contribution in [0.25, 0.3) is 0 Å². The fourth-order valence-corrected chi connectivity index (χ4v) is 1.22. The highest BCUT2D eigenvalue weighted by Crippen LogP contribution is 2.11. The summed E-state index contributed by atoms with van der Waals surface area (Å²) in [6, 6.07) is 8.38. The molecular formula is C11H20Cl2N2O. The van der Waals surface area contributed by atoms with Crippen molar-refractivity contribution in [3.05, 3.63) is 29.8 Å². The molecule has 0 aliphatic heterocycles. The number of rotatable bonds is 5. The molecule has 0 saturated carbocycles. The number of aliphatic hydroxyl groups is 1. The number of hydrogen-bond acceptors (Lipinski definition) is 3. The number of hydrogen-bond donors (Lipinski definition) is 2. The summed E-state index contributed by atoms with van der Waals surface area (Å²) in [6.07, 6.45) is 0. The highest BCUT2D eigenvalue weighted by Gasteiger charge is 1.95. The van der Waals surface area contributed by atoms with E-state index in [4.69, 9.17) is 5.11 Å². The summed E-state index contributed by atoms with van der Waals surface area (Å²) in [5.74, 6) is 0. The fourth-order valence-electron chi connectivity index (χ4n) is 1.22. The predicted octanol–water partition coefficient (Wildman–Crippen LogP) is 1.68. The smallest absolute Gasteiger partial charge is 0.0556 e. The topological polar surface area (TPSA) is 35.5 Å². The highest BCUT2D eigenvalue weighted by molar-refractivity contribution is 5.85. The lowest BCUT2D eigenvalue weighted by Gasteiger charge is -2.12. The lowest BCUT2D eigenvalue weighted by molar-refractivity contribution is 0.292. The SMILES string of the molecule is CN(C)c1ccc(CNCCO)cc1.Cl.Cl. The Morgan fingerprint density at radius 1 is 1.12 bits per heavy atom. The van der Waals surface area contributed by atoms with Crippen LogP contribution in [-0.2, 0) is 6.54 Å². The zero-order chi connectivity index (χ0) is 10.4. The predicted molar refractivity (Wildman–Crippen MR) is 74.1 cm³/mol. The van der Waals surface area contributed by atoms with Gasteiger partial charge in [-0.2, -0.15) is 0 Å². The van der Waals surface area contributed by atoms with Crippen LogP contribution in [0, 0.1) is 0 Å². The molecule has 0 atom stereocenters. The van der Waals surface area contributed by atoms with Gasteiger partial charge in [-0.05, 0) is 17.7 Å². The van der Waals surface area contributed by atoms with E-state index < -0.39 is 0 Å². The molecule has 0 aliphatic carbocycles. The molecule has 0 bridgehead atoms. The molecule has 0 heterocycles. The lowest BCUT2D eigenvalue weighted by Crippen LogP contribution is -2.17. The van der Waals surface area contributed by atoms with Gasteiger partial charge in [-0.15, -0.1) is 24.8 Å². The van der Waals surface area contributed by atoms with Crippen molar-refractivity contribution in [3.63, 3.8) is 0 Å². The van der Waals surface area contributed by atoms with E-state index >= 15 is 0 Å². The first kappa shape index (κ1) is 17.9. The summed E-state index contributed by atoms with van der Waals surface area (Å²) < 4.78 is 0. The van der Waals surface area contributed by atoms with Crippen LogP contribution < -0.4 is 10.2 Å². The molecule has 0 fully saturated rings. The molecule has 1 aromatic rings. The average Bonchev–Trinajstić information content (AvgIpc) is 2.19. The maximum absolute atomic E-state index is 8.59. The molecule has 94 valence electrons. The Balaban J connectivity index is 0. The summed E-state index contributed by atoms with van der Waals surface area (Å²) in [6.45, 7) is 1.65. The van der Waals surface area contributed by atoms with Crippen LogP contribution in [-0.4, -0.2) is 32.4 Å². The van der Waals surface area contributed by atoms with Crippen LogP contribution in [0.15, 0.2) is 24.3 Å². The van der Waals surface area contributed by atoms with Crippen LogP contribution in [0.4, 0.5) is 5.69 Å². The van der Waals surface area contributed by atoms with E-state index in [1.807, 2.05) is 14.1 Å².